The Bertz CT molecular complexity index is 465. The molecule has 2 heterocycles. The number of hydrogen-bond donors (Lipinski definition) is 1. The first-order valence-electron chi connectivity index (χ1n) is 5.67. The molecule has 1 unspecified atom stereocenters. The molecule has 1 amide bonds. The van der Waals surface area contributed by atoms with Crippen LogP contribution in [0.15, 0.2) is 18.2 Å². The minimum Gasteiger partial charge on any atom is -0.362 e. The molecule has 0 bridgehead atoms. The fourth-order valence-electron chi connectivity index (χ4n) is 2.31. The van der Waals surface area contributed by atoms with Crippen LogP contribution in [0.1, 0.15) is 37.5 Å². The number of ether oxygens (including phenoxy) is 1. The molecule has 0 radical (unpaired) electrons. The van der Waals surface area contributed by atoms with Crippen LogP contribution in [-0.4, -0.2) is 11.5 Å². The van der Waals surface area contributed by atoms with E-state index >= 15 is 0 Å². The Balaban J connectivity index is 1.92. The average Bonchev–Trinajstić information content (AvgIpc) is 2.87. The second-order valence-corrected chi connectivity index (χ2v) is 5.07. The zero-order valence-corrected chi connectivity index (χ0v) is 9.54. The molecule has 1 saturated heterocycles. The molecule has 0 spiro atoms. The Morgan fingerprint density at radius 3 is 2.81 bits per heavy atom. The van der Waals surface area contributed by atoms with Crippen LogP contribution in [-0.2, 0) is 16.0 Å². The highest BCUT2D eigenvalue weighted by molar-refractivity contribution is 5.93. The number of epoxide rings is 1. The number of amides is 1. The lowest BCUT2D eigenvalue weighted by atomic mass is 9.96. The van der Waals surface area contributed by atoms with Gasteiger partial charge in [-0.05, 0) is 37.5 Å². The molecule has 1 aromatic rings. The van der Waals surface area contributed by atoms with Crippen molar-refractivity contribution < 1.29 is 9.53 Å². The van der Waals surface area contributed by atoms with Crippen molar-refractivity contribution in [3.63, 3.8) is 0 Å². The zero-order chi connectivity index (χ0) is 11.3. The molecule has 2 aliphatic heterocycles. The Morgan fingerprint density at radius 2 is 2.12 bits per heavy atom. The normalized spacial score (nSPS) is 25.9. The van der Waals surface area contributed by atoms with Crippen LogP contribution in [0.3, 0.4) is 0 Å². The molecule has 1 aromatic carbocycles. The van der Waals surface area contributed by atoms with E-state index in [1.165, 1.54) is 11.1 Å². The smallest absolute Gasteiger partial charge is 0.224 e. The van der Waals surface area contributed by atoms with E-state index < -0.39 is 0 Å². The first kappa shape index (κ1) is 9.85. The van der Waals surface area contributed by atoms with Crippen molar-refractivity contribution in [3.05, 3.63) is 29.3 Å². The highest BCUT2D eigenvalue weighted by Crippen LogP contribution is 2.49. The van der Waals surface area contributed by atoms with Crippen molar-refractivity contribution in [1.82, 2.24) is 0 Å². The number of anilines is 1. The summed E-state index contributed by atoms with van der Waals surface area (Å²) < 4.78 is 5.62. The fraction of sp³-hybridized carbons (Fsp3) is 0.462. The summed E-state index contributed by atoms with van der Waals surface area (Å²) in [4.78, 5) is 11.2. The maximum atomic E-state index is 11.2. The maximum absolute atomic E-state index is 11.2. The molecule has 3 heteroatoms. The summed E-state index contributed by atoms with van der Waals surface area (Å²) in [6, 6.07) is 6.19. The molecular formula is C13H15NO2. The molecule has 1 fully saturated rings. The van der Waals surface area contributed by atoms with Crippen LogP contribution >= 0.6 is 0 Å². The van der Waals surface area contributed by atoms with E-state index in [1.807, 2.05) is 12.1 Å². The number of hydrogen-bond acceptors (Lipinski definition) is 2. The molecule has 1 atom stereocenters. The number of nitrogens with one attached hydrogen (secondary N) is 1. The molecule has 16 heavy (non-hydrogen) atoms. The number of fused-ring (bicyclic) bond motifs is 1. The Kier molecular flexibility index (Phi) is 1.89. The van der Waals surface area contributed by atoms with Crippen molar-refractivity contribution in [2.45, 2.75) is 38.4 Å². The van der Waals surface area contributed by atoms with Crippen molar-refractivity contribution in [3.8, 4) is 0 Å². The lowest BCUT2D eigenvalue weighted by Crippen LogP contribution is -2.19. The van der Waals surface area contributed by atoms with Gasteiger partial charge in [-0.2, -0.15) is 0 Å². The molecule has 0 saturated carbocycles. The van der Waals surface area contributed by atoms with E-state index in [9.17, 15) is 4.79 Å². The Labute approximate surface area is 94.8 Å². The molecular weight excluding hydrogens is 202 g/mol. The van der Waals surface area contributed by atoms with Crippen LogP contribution in [0.4, 0.5) is 5.69 Å². The topological polar surface area (TPSA) is 41.6 Å². The number of aryl methyl sites for hydroxylation is 1. The molecule has 3 nitrogen and oxygen atoms in total. The van der Waals surface area contributed by atoms with Gasteiger partial charge in [-0.3, -0.25) is 4.79 Å². The van der Waals surface area contributed by atoms with Gasteiger partial charge in [0, 0.05) is 12.1 Å². The van der Waals surface area contributed by atoms with Crippen molar-refractivity contribution in [1.29, 1.82) is 0 Å². The predicted octanol–water partition coefficient (Wildman–Crippen LogP) is 2.42. The van der Waals surface area contributed by atoms with Crippen LogP contribution in [0, 0.1) is 0 Å². The first-order chi connectivity index (χ1) is 7.56. The van der Waals surface area contributed by atoms with Gasteiger partial charge in [0.05, 0.1) is 5.60 Å². The standard InChI is InChI=1S/C13H15NO2/c1-13(2)12(16-13)9-3-5-10-8(7-9)4-6-11(15)14-10/h3,5,7,12H,4,6H2,1-2H3,(H,14,15). The summed E-state index contributed by atoms with van der Waals surface area (Å²) in [5.41, 5.74) is 3.38. The summed E-state index contributed by atoms with van der Waals surface area (Å²) in [5, 5.41) is 2.89. The Morgan fingerprint density at radius 1 is 1.38 bits per heavy atom. The van der Waals surface area contributed by atoms with Crippen LogP contribution in [0.5, 0.6) is 0 Å². The number of rotatable bonds is 1. The van der Waals surface area contributed by atoms with Crippen LogP contribution in [0.25, 0.3) is 0 Å². The monoisotopic (exact) mass is 217 g/mol. The third kappa shape index (κ3) is 1.52. The highest BCUT2D eigenvalue weighted by Gasteiger charge is 2.48. The zero-order valence-electron chi connectivity index (χ0n) is 9.54. The quantitative estimate of drug-likeness (QED) is 0.734. The van der Waals surface area contributed by atoms with E-state index in [0.717, 1.165) is 12.1 Å². The van der Waals surface area contributed by atoms with Crippen molar-refractivity contribution >= 4 is 11.6 Å². The highest BCUT2D eigenvalue weighted by atomic mass is 16.6. The molecule has 3 rings (SSSR count). The van der Waals surface area contributed by atoms with E-state index in [0.29, 0.717) is 6.42 Å². The van der Waals surface area contributed by atoms with Gasteiger partial charge >= 0.3 is 0 Å². The SMILES string of the molecule is CC1(C)OC1c1ccc2c(c1)CCC(=O)N2. The van der Waals surface area contributed by atoms with Gasteiger partial charge in [0.15, 0.2) is 0 Å². The van der Waals surface area contributed by atoms with E-state index in [1.54, 1.807) is 0 Å². The Hall–Kier alpha value is -1.35. The molecule has 2 aliphatic rings. The number of carbonyl (C=O) groups is 1. The predicted molar refractivity (Wildman–Crippen MR) is 61.3 cm³/mol. The van der Waals surface area contributed by atoms with Gasteiger partial charge in [0.1, 0.15) is 6.10 Å². The largest absolute Gasteiger partial charge is 0.362 e. The van der Waals surface area contributed by atoms with E-state index in [-0.39, 0.29) is 17.6 Å². The lowest BCUT2D eigenvalue weighted by Gasteiger charge is -2.17. The second-order valence-electron chi connectivity index (χ2n) is 5.07. The third-order valence-electron chi connectivity index (χ3n) is 3.32. The van der Waals surface area contributed by atoms with Gasteiger partial charge in [-0.1, -0.05) is 12.1 Å². The summed E-state index contributed by atoms with van der Waals surface area (Å²) in [7, 11) is 0. The van der Waals surface area contributed by atoms with Crippen molar-refractivity contribution in [2.75, 3.05) is 5.32 Å². The summed E-state index contributed by atoms with van der Waals surface area (Å²) >= 11 is 0. The summed E-state index contributed by atoms with van der Waals surface area (Å²) in [6.07, 6.45) is 1.64. The van der Waals surface area contributed by atoms with Crippen LogP contribution < -0.4 is 5.32 Å². The molecule has 0 aromatic heterocycles. The number of benzene rings is 1. The van der Waals surface area contributed by atoms with E-state index in [4.69, 9.17) is 4.74 Å². The maximum Gasteiger partial charge on any atom is 0.224 e. The molecule has 84 valence electrons. The van der Waals surface area contributed by atoms with Gasteiger partial charge in [0.2, 0.25) is 5.91 Å². The van der Waals surface area contributed by atoms with Gasteiger partial charge < -0.3 is 10.1 Å². The number of carbonyl (C=O) groups excluding carboxylic acids is 1. The molecule has 1 N–H and O–H groups in total. The van der Waals surface area contributed by atoms with Gasteiger partial charge in [-0.15, -0.1) is 0 Å². The molecule has 0 aliphatic carbocycles. The summed E-state index contributed by atoms with van der Waals surface area (Å²) in [6.45, 7) is 4.19. The average molecular weight is 217 g/mol. The lowest BCUT2D eigenvalue weighted by molar-refractivity contribution is -0.116. The summed E-state index contributed by atoms with van der Waals surface area (Å²) in [5.74, 6) is 0.114. The minimum atomic E-state index is -0.0217. The van der Waals surface area contributed by atoms with Crippen LogP contribution in [0.2, 0.25) is 0 Å². The van der Waals surface area contributed by atoms with Crippen molar-refractivity contribution in [2.24, 2.45) is 0 Å². The first-order valence-corrected chi connectivity index (χ1v) is 5.67. The fourth-order valence-corrected chi connectivity index (χ4v) is 2.31. The minimum absolute atomic E-state index is 0.0217. The van der Waals surface area contributed by atoms with E-state index in [2.05, 4.69) is 25.2 Å². The van der Waals surface area contributed by atoms with Gasteiger partial charge in [-0.25, -0.2) is 0 Å². The third-order valence-corrected chi connectivity index (χ3v) is 3.32. The van der Waals surface area contributed by atoms with Gasteiger partial charge in [0.25, 0.3) is 0 Å². The second kappa shape index (κ2) is 3.08.